The second-order valence-electron chi connectivity index (χ2n) is 5.01. The van der Waals surface area contributed by atoms with Gasteiger partial charge < -0.3 is 10.1 Å². The highest BCUT2D eigenvalue weighted by molar-refractivity contribution is 7.91. The number of aromatic nitrogens is 2. The number of fused-ring (bicyclic) bond motifs is 1. The van der Waals surface area contributed by atoms with E-state index in [0.29, 0.717) is 24.0 Å². The van der Waals surface area contributed by atoms with Gasteiger partial charge in [-0.3, -0.25) is 4.57 Å². The molecule has 102 valence electrons. The van der Waals surface area contributed by atoms with Crippen molar-refractivity contribution in [3.05, 3.63) is 28.7 Å². The van der Waals surface area contributed by atoms with Gasteiger partial charge in [0.2, 0.25) is 0 Å². The predicted molar refractivity (Wildman–Crippen MR) is 71.0 cm³/mol. The van der Waals surface area contributed by atoms with Crippen molar-refractivity contribution in [2.45, 2.75) is 13.0 Å². The number of imidazole rings is 1. The van der Waals surface area contributed by atoms with Crippen LogP contribution in [0.4, 0.5) is 0 Å². The van der Waals surface area contributed by atoms with Crippen LogP contribution in [0.25, 0.3) is 11.0 Å². The van der Waals surface area contributed by atoms with Crippen molar-refractivity contribution in [3.8, 4) is 5.75 Å². The largest absolute Gasteiger partial charge is 0.508 e. The summed E-state index contributed by atoms with van der Waals surface area (Å²) in [4.78, 5) is 14.6. The molecule has 1 saturated heterocycles. The second kappa shape index (κ2) is 4.12. The van der Waals surface area contributed by atoms with Crippen LogP contribution in [0.2, 0.25) is 0 Å². The molecule has 0 aliphatic carbocycles. The third-order valence-corrected chi connectivity index (χ3v) is 5.36. The van der Waals surface area contributed by atoms with Crippen LogP contribution < -0.4 is 5.69 Å². The summed E-state index contributed by atoms with van der Waals surface area (Å²) in [5.74, 6) is 0.369. The lowest BCUT2D eigenvalue weighted by Gasteiger charge is -2.08. The normalized spacial score (nSPS) is 22.0. The number of aromatic amines is 1. The van der Waals surface area contributed by atoms with Crippen LogP contribution in [0, 0.1) is 5.92 Å². The Balaban J connectivity index is 1.99. The van der Waals surface area contributed by atoms with Crippen LogP contribution >= 0.6 is 0 Å². The minimum atomic E-state index is -2.95. The lowest BCUT2D eigenvalue weighted by molar-refractivity contribution is 0.473. The molecule has 1 fully saturated rings. The van der Waals surface area contributed by atoms with Crippen molar-refractivity contribution < 1.29 is 13.5 Å². The summed E-state index contributed by atoms with van der Waals surface area (Å²) < 4.78 is 24.4. The zero-order valence-corrected chi connectivity index (χ0v) is 11.0. The van der Waals surface area contributed by atoms with E-state index in [4.69, 9.17) is 0 Å². The molecule has 1 aromatic heterocycles. The number of H-pyrrole nitrogens is 1. The summed E-state index contributed by atoms with van der Waals surface area (Å²) in [6.45, 7) is 0.363. The lowest BCUT2D eigenvalue weighted by Crippen LogP contribution is -2.22. The van der Waals surface area contributed by atoms with Gasteiger partial charge in [0.15, 0.2) is 9.84 Å². The molecule has 1 atom stereocenters. The molecule has 0 amide bonds. The minimum Gasteiger partial charge on any atom is -0.508 e. The first kappa shape index (κ1) is 12.3. The average Bonchev–Trinajstić information content (AvgIpc) is 2.81. The van der Waals surface area contributed by atoms with Crippen molar-refractivity contribution in [3.63, 3.8) is 0 Å². The number of rotatable bonds is 2. The Labute approximate surface area is 109 Å². The van der Waals surface area contributed by atoms with Gasteiger partial charge in [0.1, 0.15) is 5.75 Å². The highest BCUT2D eigenvalue weighted by Gasteiger charge is 2.28. The molecule has 19 heavy (non-hydrogen) atoms. The van der Waals surface area contributed by atoms with Crippen molar-refractivity contribution >= 4 is 20.9 Å². The van der Waals surface area contributed by atoms with Gasteiger partial charge in [0.25, 0.3) is 0 Å². The summed E-state index contributed by atoms with van der Waals surface area (Å²) in [5, 5.41) is 9.48. The Morgan fingerprint density at radius 1 is 1.42 bits per heavy atom. The zero-order valence-electron chi connectivity index (χ0n) is 10.2. The fourth-order valence-corrected chi connectivity index (χ4v) is 4.45. The molecular weight excluding hydrogens is 268 g/mol. The Kier molecular flexibility index (Phi) is 2.67. The third kappa shape index (κ3) is 2.25. The van der Waals surface area contributed by atoms with E-state index in [-0.39, 0.29) is 28.9 Å². The topological polar surface area (TPSA) is 92.2 Å². The van der Waals surface area contributed by atoms with Gasteiger partial charge in [-0.1, -0.05) is 0 Å². The van der Waals surface area contributed by atoms with Crippen LogP contribution in [0.15, 0.2) is 23.0 Å². The van der Waals surface area contributed by atoms with Gasteiger partial charge in [-0.15, -0.1) is 0 Å². The number of phenols is 1. The Hall–Kier alpha value is -1.76. The van der Waals surface area contributed by atoms with Gasteiger partial charge >= 0.3 is 5.69 Å². The van der Waals surface area contributed by atoms with Crippen LogP contribution in [-0.2, 0) is 16.4 Å². The molecule has 3 rings (SSSR count). The van der Waals surface area contributed by atoms with Crippen molar-refractivity contribution in [1.29, 1.82) is 0 Å². The fraction of sp³-hybridized carbons (Fsp3) is 0.417. The second-order valence-corrected chi connectivity index (χ2v) is 7.24. The molecule has 0 spiro atoms. The van der Waals surface area contributed by atoms with Crippen LogP contribution in [0.1, 0.15) is 6.42 Å². The number of hydrogen-bond acceptors (Lipinski definition) is 4. The summed E-state index contributed by atoms with van der Waals surface area (Å²) >= 11 is 0. The number of sulfone groups is 1. The van der Waals surface area contributed by atoms with Gasteiger partial charge in [0.05, 0.1) is 22.5 Å². The molecule has 6 nitrogen and oxygen atoms in total. The maximum absolute atomic E-state index is 11.9. The summed E-state index contributed by atoms with van der Waals surface area (Å²) in [7, 11) is -2.95. The summed E-state index contributed by atoms with van der Waals surface area (Å²) in [6, 6.07) is 4.65. The van der Waals surface area contributed by atoms with Crippen LogP contribution in [0.3, 0.4) is 0 Å². The highest BCUT2D eigenvalue weighted by atomic mass is 32.2. The maximum Gasteiger partial charge on any atom is 0.326 e. The van der Waals surface area contributed by atoms with E-state index in [0.717, 1.165) is 0 Å². The van der Waals surface area contributed by atoms with E-state index in [1.165, 1.54) is 16.7 Å². The van der Waals surface area contributed by atoms with Crippen LogP contribution in [-0.4, -0.2) is 34.6 Å². The van der Waals surface area contributed by atoms with Gasteiger partial charge in [0, 0.05) is 12.6 Å². The van der Waals surface area contributed by atoms with Gasteiger partial charge in [-0.05, 0) is 24.5 Å². The van der Waals surface area contributed by atoms with E-state index in [9.17, 15) is 18.3 Å². The molecule has 1 aliphatic rings. The predicted octanol–water partition coefficient (Wildman–Crippen LogP) is 0.470. The number of nitrogens with zero attached hydrogens (tertiary/aromatic N) is 1. The molecule has 0 bridgehead atoms. The molecular formula is C12H14N2O4S. The highest BCUT2D eigenvalue weighted by Crippen LogP contribution is 2.23. The summed E-state index contributed by atoms with van der Waals surface area (Å²) in [6.07, 6.45) is 0.584. The number of aromatic hydroxyl groups is 1. The molecule has 1 aromatic carbocycles. The minimum absolute atomic E-state index is 0.0379. The maximum atomic E-state index is 11.9. The zero-order chi connectivity index (χ0) is 13.6. The Morgan fingerprint density at radius 2 is 2.21 bits per heavy atom. The van der Waals surface area contributed by atoms with Crippen molar-refractivity contribution in [2.75, 3.05) is 11.5 Å². The van der Waals surface area contributed by atoms with Gasteiger partial charge in [-0.2, -0.15) is 0 Å². The van der Waals surface area contributed by atoms with Crippen LogP contribution in [0.5, 0.6) is 5.75 Å². The summed E-state index contributed by atoms with van der Waals surface area (Å²) in [5.41, 5.74) is 0.975. The first-order valence-corrected chi connectivity index (χ1v) is 7.89. The van der Waals surface area contributed by atoms with E-state index in [1.54, 1.807) is 6.07 Å². The molecule has 7 heteroatoms. The molecule has 2 N–H and O–H groups in total. The first-order valence-electron chi connectivity index (χ1n) is 6.06. The van der Waals surface area contributed by atoms with Crippen molar-refractivity contribution in [1.82, 2.24) is 9.55 Å². The SMILES string of the molecule is O=c1[nH]c2ccc(O)cc2n1CC1CCS(=O)(=O)C1. The lowest BCUT2D eigenvalue weighted by atomic mass is 10.1. The molecule has 1 unspecified atom stereocenters. The number of nitrogens with one attached hydrogen (secondary N) is 1. The molecule has 2 aromatic rings. The molecule has 2 heterocycles. The fourth-order valence-electron chi connectivity index (χ4n) is 2.60. The van der Waals surface area contributed by atoms with Crippen molar-refractivity contribution in [2.24, 2.45) is 5.92 Å². The first-order chi connectivity index (χ1) is 8.94. The molecule has 1 aliphatic heterocycles. The smallest absolute Gasteiger partial charge is 0.326 e. The Bertz CT molecular complexity index is 788. The number of phenolic OH excluding ortho intramolecular Hbond substituents is 1. The van der Waals surface area contributed by atoms with E-state index >= 15 is 0 Å². The quantitative estimate of drug-likeness (QED) is 0.837. The number of benzene rings is 1. The van der Waals surface area contributed by atoms with E-state index < -0.39 is 9.84 Å². The average molecular weight is 282 g/mol. The number of hydrogen-bond donors (Lipinski definition) is 2. The molecule has 0 radical (unpaired) electrons. The Morgan fingerprint density at radius 3 is 2.89 bits per heavy atom. The standard InChI is InChI=1S/C12H14N2O4S/c15-9-1-2-10-11(5-9)14(12(16)13-10)6-8-3-4-19(17,18)7-8/h1-2,5,8,15H,3-4,6-7H2,(H,13,16). The third-order valence-electron chi connectivity index (χ3n) is 3.53. The van der Waals surface area contributed by atoms with E-state index in [2.05, 4.69) is 4.98 Å². The van der Waals surface area contributed by atoms with Gasteiger partial charge in [-0.25, -0.2) is 13.2 Å². The monoisotopic (exact) mass is 282 g/mol. The molecule has 0 saturated carbocycles. The van der Waals surface area contributed by atoms with E-state index in [1.807, 2.05) is 0 Å².